The van der Waals surface area contributed by atoms with Crippen LogP contribution in [0, 0.1) is 0 Å². The van der Waals surface area contributed by atoms with Gasteiger partial charge in [0.05, 0.1) is 6.04 Å². The van der Waals surface area contributed by atoms with E-state index in [9.17, 15) is 4.79 Å². The van der Waals surface area contributed by atoms with Gasteiger partial charge in [-0.2, -0.15) is 0 Å². The molecule has 0 aromatic heterocycles. The van der Waals surface area contributed by atoms with E-state index in [1.807, 2.05) is 43.3 Å². The average Bonchev–Trinajstić information content (AvgIpc) is 2.44. The van der Waals surface area contributed by atoms with E-state index in [4.69, 9.17) is 10.5 Å². The highest BCUT2D eigenvalue weighted by Crippen LogP contribution is 2.13. The van der Waals surface area contributed by atoms with E-state index in [1.54, 1.807) is 19.1 Å². The van der Waals surface area contributed by atoms with Crippen molar-refractivity contribution < 1.29 is 9.53 Å². The number of carbonyl (C=O) groups is 1. The molecule has 1 aromatic rings. The highest BCUT2D eigenvalue weighted by atomic mass is 16.5. The van der Waals surface area contributed by atoms with Gasteiger partial charge in [0.1, 0.15) is 0 Å². The first-order valence-corrected chi connectivity index (χ1v) is 6.71. The summed E-state index contributed by atoms with van der Waals surface area (Å²) < 4.78 is 4.94. The summed E-state index contributed by atoms with van der Waals surface area (Å²) in [6.07, 6.45) is 0.541. The Morgan fingerprint density at radius 2 is 1.85 bits per heavy atom. The van der Waals surface area contributed by atoms with Crippen LogP contribution in [-0.4, -0.2) is 51.7 Å². The van der Waals surface area contributed by atoms with Gasteiger partial charge in [-0.1, -0.05) is 12.1 Å². The zero-order valence-corrected chi connectivity index (χ0v) is 12.8. The molecule has 0 spiro atoms. The smallest absolute Gasteiger partial charge is 0.239 e. The summed E-state index contributed by atoms with van der Waals surface area (Å²) in [6.45, 7) is 1.06. The number of hydrogen-bond acceptors (Lipinski definition) is 4. The first kappa shape index (κ1) is 16.5. The zero-order valence-electron chi connectivity index (χ0n) is 12.8. The quantitative estimate of drug-likeness (QED) is 0.811. The molecule has 0 saturated heterocycles. The molecule has 1 rings (SSSR count). The fraction of sp³-hybridized carbons (Fsp3) is 0.533. The summed E-state index contributed by atoms with van der Waals surface area (Å²) in [7, 11) is 7.38. The standard InChI is InChI=1S/C15H25N3O2/c1-17(2)13-7-5-12(6-8-13)11-18(3)15(19)14(16)9-10-20-4/h5-8,14H,9-11,16H2,1-4H3. The number of likely N-dealkylation sites (N-methyl/N-ethyl adjacent to an activating group) is 1. The van der Waals surface area contributed by atoms with E-state index in [2.05, 4.69) is 0 Å². The van der Waals surface area contributed by atoms with E-state index < -0.39 is 6.04 Å². The molecule has 1 atom stereocenters. The van der Waals surface area contributed by atoms with E-state index >= 15 is 0 Å². The summed E-state index contributed by atoms with van der Waals surface area (Å²) in [6, 6.07) is 7.64. The Hall–Kier alpha value is -1.59. The number of hydrogen-bond donors (Lipinski definition) is 1. The Morgan fingerprint density at radius 3 is 2.35 bits per heavy atom. The molecular formula is C15H25N3O2. The Labute approximate surface area is 121 Å². The number of nitrogens with two attached hydrogens (primary N) is 1. The molecule has 112 valence electrons. The van der Waals surface area contributed by atoms with E-state index in [0.717, 1.165) is 11.3 Å². The lowest BCUT2D eigenvalue weighted by Gasteiger charge is -2.21. The van der Waals surface area contributed by atoms with Crippen molar-refractivity contribution in [3.8, 4) is 0 Å². The van der Waals surface area contributed by atoms with Crippen molar-refractivity contribution in [2.45, 2.75) is 19.0 Å². The molecule has 0 aliphatic rings. The monoisotopic (exact) mass is 279 g/mol. The maximum Gasteiger partial charge on any atom is 0.239 e. The van der Waals surface area contributed by atoms with E-state index in [0.29, 0.717) is 19.6 Å². The Morgan fingerprint density at radius 1 is 1.25 bits per heavy atom. The maximum atomic E-state index is 12.1. The van der Waals surface area contributed by atoms with Crippen LogP contribution in [0.25, 0.3) is 0 Å². The van der Waals surface area contributed by atoms with Gasteiger partial charge in [-0.25, -0.2) is 0 Å². The summed E-state index contributed by atoms with van der Waals surface area (Å²) in [5.74, 6) is -0.0567. The van der Waals surface area contributed by atoms with Crippen molar-refractivity contribution in [2.75, 3.05) is 39.8 Å². The Kier molecular flexibility index (Phi) is 6.48. The first-order valence-electron chi connectivity index (χ1n) is 6.71. The van der Waals surface area contributed by atoms with Gasteiger partial charge in [0.25, 0.3) is 0 Å². The number of amides is 1. The lowest BCUT2D eigenvalue weighted by atomic mass is 10.1. The van der Waals surface area contributed by atoms with Crippen LogP contribution in [0.1, 0.15) is 12.0 Å². The molecule has 2 N–H and O–H groups in total. The van der Waals surface area contributed by atoms with Crippen LogP contribution >= 0.6 is 0 Å². The number of ether oxygens (including phenoxy) is 1. The van der Waals surface area contributed by atoms with Gasteiger partial charge in [0, 0.05) is 47.1 Å². The van der Waals surface area contributed by atoms with Crippen molar-refractivity contribution in [2.24, 2.45) is 5.73 Å². The van der Waals surface area contributed by atoms with Crippen molar-refractivity contribution in [1.82, 2.24) is 4.90 Å². The van der Waals surface area contributed by atoms with Crippen molar-refractivity contribution >= 4 is 11.6 Å². The predicted molar refractivity (Wildman–Crippen MR) is 81.7 cm³/mol. The number of benzene rings is 1. The summed E-state index contributed by atoms with van der Waals surface area (Å²) in [5.41, 5.74) is 8.07. The van der Waals surface area contributed by atoms with Crippen LogP contribution < -0.4 is 10.6 Å². The Bertz CT molecular complexity index is 418. The number of anilines is 1. The lowest BCUT2D eigenvalue weighted by molar-refractivity contribution is -0.132. The Balaban J connectivity index is 2.56. The molecule has 0 radical (unpaired) electrons. The largest absolute Gasteiger partial charge is 0.385 e. The highest BCUT2D eigenvalue weighted by molar-refractivity contribution is 5.81. The van der Waals surface area contributed by atoms with Crippen LogP contribution in [0.2, 0.25) is 0 Å². The van der Waals surface area contributed by atoms with Gasteiger partial charge in [-0.15, -0.1) is 0 Å². The molecule has 0 aliphatic heterocycles. The zero-order chi connectivity index (χ0) is 15.1. The van der Waals surface area contributed by atoms with Crippen molar-refractivity contribution in [3.63, 3.8) is 0 Å². The molecule has 0 aliphatic carbocycles. The van der Waals surface area contributed by atoms with Gasteiger partial charge >= 0.3 is 0 Å². The van der Waals surface area contributed by atoms with Crippen LogP contribution in [0.3, 0.4) is 0 Å². The minimum absolute atomic E-state index is 0.0567. The molecule has 5 heteroatoms. The lowest BCUT2D eigenvalue weighted by Crippen LogP contribution is -2.42. The SMILES string of the molecule is COCCC(N)C(=O)N(C)Cc1ccc(N(C)C)cc1. The highest BCUT2D eigenvalue weighted by Gasteiger charge is 2.17. The third kappa shape index (κ3) is 4.83. The number of rotatable bonds is 7. The number of methoxy groups -OCH3 is 1. The third-order valence-corrected chi connectivity index (χ3v) is 3.20. The number of nitrogens with zero attached hydrogens (tertiary/aromatic N) is 2. The van der Waals surface area contributed by atoms with E-state index in [-0.39, 0.29) is 5.91 Å². The second kappa shape index (κ2) is 7.87. The van der Waals surface area contributed by atoms with Gasteiger partial charge in [-0.05, 0) is 24.1 Å². The van der Waals surface area contributed by atoms with Crippen LogP contribution in [-0.2, 0) is 16.1 Å². The minimum atomic E-state index is -0.499. The molecule has 0 heterocycles. The maximum absolute atomic E-state index is 12.1. The van der Waals surface area contributed by atoms with Crippen molar-refractivity contribution in [1.29, 1.82) is 0 Å². The first-order chi connectivity index (χ1) is 9.45. The van der Waals surface area contributed by atoms with Crippen LogP contribution in [0.15, 0.2) is 24.3 Å². The molecule has 5 nitrogen and oxygen atoms in total. The topological polar surface area (TPSA) is 58.8 Å². The van der Waals surface area contributed by atoms with Gasteiger partial charge in [0.2, 0.25) is 5.91 Å². The van der Waals surface area contributed by atoms with Gasteiger partial charge in [0.15, 0.2) is 0 Å². The predicted octanol–water partition coefficient (Wildman–Crippen LogP) is 1.07. The third-order valence-electron chi connectivity index (χ3n) is 3.20. The summed E-state index contributed by atoms with van der Waals surface area (Å²) >= 11 is 0. The normalized spacial score (nSPS) is 12.1. The molecule has 0 saturated carbocycles. The van der Waals surface area contributed by atoms with Gasteiger partial charge < -0.3 is 20.3 Å². The van der Waals surface area contributed by atoms with Crippen LogP contribution in [0.4, 0.5) is 5.69 Å². The fourth-order valence-corrected chi connectivity index (χ4v) is 1.90. The summed E-state index contributed by atoms with van der Waals surface area (Å²) in [5, 5.41) is 0. The molecule has 1 unspecified atom stereocenters. The fourth-order valence-electron chi connectivity index (χ4n) is 1.90. The second-order valence-electron chi connectivity index (χ2n) is 5.14. The summed E-state index contributed by atoms with van der Waals surface area (Å²) in [4.78, 5) is 15.8. The molecule has 20 heavy (non-hydrogen) atoms. The van der Waals surface area contributed by atoms with Crippen LogP contribution in [0.5, 0.6) is 0 Å². The second-order valence-corrected chi connectivity index (χ2v) is 5.14. The minimum Gasteiger partial charge on any atom is -0.385 e. The van der Waals surface area contributed by atoms with Crippen molar-refractivity contribution in [3.05, 3.63) is 29.8 Å². The number of carbonyl (C=O) groups excluding carboxylic acids is 1. The molecule has 0 bridgehead atoms. The molecule has 1 amide bonds. The van der Waals surface area contributed by atoms with E-state index in [1.165, 1.54) is 0 Å². The molecule has 0 fully saturated rings. The molecular weight excluding hydrogens is 254 g/mol. The molecule has 1 aromatic carbocycles. The van der Waals surface area contributed by atoms with Gasteiger partial charge in [-0.3, -0.25) is 4.79 Å². The average molecular weight is 279 g/mol.